The van der Waals surface area contributed by atoms with Crippen molar-refractivity contribution in [3.8, 4) is 0 Å². The van der Waals surface area contributed by atoms with E-state index in [2.05, 4.69) is 29.8 Å². The molecule has 1 saturated carbocycles. The molecule has 0 saturated heterocycles. The largest absolute Gasteiger partial charge is 0.384 e. The fourth-order valence-corrected chi connectivity index (χ4v) is 2.70. The summed E-state index contributed by atoms with van der Waals surface area (Å²) in [5.74, 6) is 2.41. The molecule has 2 rings (SSSR count). The summed E-state index contributed by atoms with van der Waals surface area (Å²) in [6.07, 6.45) is 6.52. The average molecular weight is 247 g/mol. The Morgan fingerprint density at radius 1 is 1.33 bits per heavy atom. The van der Waals surface area contributed by atoms with E-state index in [0.29, 0.717) is 11.9 Å². The molecule has 100 valence electrons. The van der Waals surface area contributed by atoms with Gasteiger partial charge in [0.05, 0.1) is 0 Å². The Morgan fingerprint density at radius 3 is 2.67 bits per heavy atom. The molecule has 1 aliphatic rings. The topological polar surface area (TPSA) is 42.1 Å². The van der Waals surface area contributed by atoms with Crippen LogP contribution in [-0.2, 0) is 0 Å². The van der Waals surface area contributed by atoms with Crippen molar-refractivity contribution in [2.75, 3.05) is 17.2 Å². The van der Waals surface area contributed by atoms with Crippen molar-refractivity contribution in [3.05, 3.63) is 18.2 Å². The van der Waals surface area contributed by atoms with E-state index in [-0.39, 0.29) is 0 Å². The van der Waals surface area contributed by atoms with Crippen molar-refractivity contribution in [3.63, 3.8) is 0 Å². The zero-order valence-electron chi connectivity index (χ0n) is 11.6. The lowest BCUT2D eigenvalue weighted by Crippen LogP contribution is -2.35. The molecule has 0 amide bonds. The fraction of sp³-hybridized carbons (Fsp3) is 0.667. The van der Waals surface area contributed by atoms with E-state index in [1.807, 2.05) is 12.1 Å². The van der Waals surface area contributed by atoms with Crippen LogP contribution in [-0.4, -0.2) is 17.6 Å². The van der Waals surface area contributed by atoms with E-state index in [1.54, 1.807) is 0 Å². The second-order valence-corrected chi connectivity index (χ2v) is 5.73. The molecule has 1 aliphatic carbocycles. The first kappa shape index (κ1) is 13.2. The summed E-state index contributed by atoms with van der Waals surface area (Å²) in [5, 5.41) is 0. The van der Waals surface area contributed by atoms with Crippen LogP contribution in [0.25, 0.3) is 0 Å². The van der Waals surface area contributed by atoms with E-state index in [9.17, 15) is 0 Å². The molecule has 1 heterocycles. The normalized spacial score (nSPS) is 16.4. The van der Waals surface area contributed by atoms with Crippen molar-refractivity contribution in [2.45, 2.75) is 52.0 Å². The molecule has 0 radical (unpaired) electrons. The van der Waals surface area contributed by atoms with Crippen LogP contribution in [0.3, 0.4) is 0 Å². The fourth-order valence-electron chi connectivity index (χ4n) is 2.70. The summed E-state index contributed by atoms with van der Waals surface area (Å²) >= 11 is 0. The first-order valence-electron chi connectivity index (χ1n) is 7.16. The minimum absolute atomic E-state index is 0.625. The predicted molar refractivity (Wildman–Crippen MR) is 77.7 cm³/mol. The number of rotatable bonds is 5. The number of anilines is 2. The Balaban J connectivity index is 2.12. The third kappa shape index (κ3) is 3.37. The van der Waals surface area contributed by atoms with Crippen molar-refractivity contribution < 1.29 is 0 Å². The van der Waals surface area contributed by atoms with Crippen LogP contribution in [0.2, 0.25) is 0 Å². The highest BCUT2D eigenvalue weighted by Crippen LogP contribution is 2.28. The molecular weight excluding hydrogens is 222 g/mol. The van der Waals surface area contributed by atoms with Gasteiger partial charge < -0.3 is 10.6 Å². The summed E-state index contributed by atoms with van der Waals surface area (Å²) in [6, 6.07) is 6.63. The van der Waals surface area contributed by atoms with E-state index in [1.165, 1.54) is 32.1 Å². The maximum atomic E-state index is 5.81. The average Bonchev–Trinajstić information content (AvgIpc) is 2.83. The zero-order valence-corrected chi connectivity index (χ0v) is 11.6. The molecule has 3 nitrogen and oxygen atoms in total. The van der Waals surface area contributed by atoms with Gasteiger partial charge in [-0.25, -0.2) is 4.98 Å². The lowest BCUT2D eigenvalue weighted by atomic mass is 10.1. The molecule has 2 N–H and O–H groups in total. The Hall–Kier alpha value is -1.25. The van der Waals surface area contributed by atoms with Crippen LogP contribution in [0.4, 0.5) is 11.6 Å². The number of hydrogen-bond donors (Lipinski definition) is 1. The molecule has 0 atom stereocenters. The third-order valence-corrected chi connectivity index (χ3v) is 3.76. The molecule has 1 aromatic heterocycles. The molecule has 0 aliphatic heterocycles. The van der Waals surface area contributed by atoms with E-state index < -0.39 is 0 Å². The van der Waals surface area contributed by atoms with Crippen molar-refractivity contribution in [1.29, 1.82) is 0 Å². The first-order valence-corrected chi connectivity index (χ1v) is 7.16. The van der Waals surface area contributed by atoms with Gasteiger partial charge in [-0.15, -0.1) is 0 Å². The smallest absolute Gasteiger partial charge is 0.131 e. The van der Waals surface area contributed by atoms with Crippen LogP contribution in [0.5, 0.6) is 0 Å². The standard InChI is InChI=1S/C15H25N3/c1-12(2)10-11-18(13-6-3-4-7-13)15-9-5-8-14(16)17-15/h5,8-9,12-13H,3-4,6-7,10-11H2,1-2H3,(H2,16,17). The number of nitrogens with two attached hydrogens (primary N) is 1. The van der Waals surface area contributed by atoms with E-state index in [4.69, 9.17) is 5.73 Å². The summed E-state index contributed by atoms with van der Waals surface area (Å²) in [6.45, 7) is 5.65. The minimum Gasteiger partial charge on any atom is -0.384 e. The molecule has 0 aromatic carbocycles. The Labute approximate surface area is 110 Å². The van der Waals surface area contributed by atoms with Crippen molar-refractivity contribution in [2.24, 2.45) is 5.92 Å². The zero-order chi connectivity index (χ0) is 13.0. The van der Waals surface area contributed by atoms with Crippen LogP contribution in [0, 0.1) is 5.92 Å². The van der Waals surface area contributed by atoms with Gasteiger partial charge in [0, 0.05) is 12.6 Å². The molecule has 0 unspecified atom stereocenters. The van der Waals surface area contributed by atoms with Crippen LogP contribution >= 0.6 is 0 Å². The molecule has 1 aromatic rings. The van der Waals surface area contributed by atoms with Crippen molar-refractivity contribution >= 4 is 11.6 Å². The van der Waals surface area contributed by atoms with Crippen LogP contribution in [0.1, 0.15) is 46.0 Å². The lowest BCUT2D eigenvalue weighted by Gasteiger charge is -2.31. The van der Waals surface area contributed by atoms with Gasteiger partial charge in [0.1, 0.15) is 11.6 Å². The van der Waals surface area contributed by atoms with Gasteiger partial charge in [-0.05, 0) is 37.3 Å². The Bertz CT molecular complexity index is 370. The molecule has 0 bridgehead atoms. The SMILES string of the molecule is CC(C)CCN(c1cccc(N)n1)C1CCCC1. The number of hydrogen-bond acceptors (Lipinski definition) is 3. The van der Waals surface area contributed by atoms with Crippen LogP contribution in [0.15, 0.2) is 18.2 Å². The summed E-state index contributed by atoms with van der Waals surface area (Å²) in [4.78, 5) is 6.98. The van der Waals surface area contributed by atoms with Gasteiger partial charge in [-0.2, -0.15) is 0 Å². The summed E-state index contributed by atoms with van der Waals surface area (Å²) < 4.78 is 0. The van der Waals surface area contributed by atoms with Crippen molar-refractivity contribution in [1.82, 2.24) is 4.98 Å². The van der Waals surface area contributed by atoms with Gasteiger partial charge in [0.25, 0.3) is 0 Å². The minimum atomic E-state index is 0.625. The number of nitrogen functional groups attached to an aromatic ring is 1. The highest BCUT2D eigenvalue weighted by atomic mass is 15.2. The number of aromatic nitrogens is 1. The maximum Gasteiger partial charge on any atom is 0.131 e. The van der Waals surface area contributed by atoms with Gasteiger partial charge in [-0.3, -0.25) is 0 Å². The molecule has 1 fully saturated rings. The molecule has 3 heteroatoms. The van der Waals surface area contributed by atoms with Gasteiger partial charge in [-0.1, -0.05) is 32.8 Å². The second kappa shape index (κ2) is 6.07. The Morgan fingerprint density at radius 2 is 2.06 bits per heavy atom. The van der Waals surface area contributed by atoms with Gasteiger partial charge >= 0.3 is 0 Å². The lowest BCUT2D eigenvalue weighted by molar-refractivity contribution is 0.525. The summed E-state index contributed by atoms with van der Waals surface area (Å²) in [7, 11) is 0. The number of nitrogens with zero attached hydrogens (tertiary/aromatic N) is 2. The summed E-state index contributed by atoms with van der Waals surface area (Å²) in [5.41, 5.74) is 5.81. The Kier molecular flexibility index (Phi) is 4.45. The predicted octanol–water partition coefficient (Wildman–Crippen LogP) is 3.46. The van der Waals surface area contributed by atoms with E-state index >= 15 is 0 Å². The number of pyridine rings is 1. The molecule has 0 spiro atoms. The van der Waals surface area contributed by atoms with Gasteiger partial charge in [0.15, 0.2) is 0 Å². The third-order valence-electron chi connectivity index (χ3n) is 3.76. The van der Waals surface area contributed by atoms with Crippen LogP contribution < -0.4 is 10.6 Å². The maximum absolute atomic E-state index is 5.81. The first-order chi connectivity index (χ1) is 8.66. The highest BCUT2D eigenvalue weighted by molar-refractivity contribution is 5.45. The van der Waals surface area contributed by atoms with Gasteiger partial charge in [0.2, 0.25) is 0 Å². The second-order valence-electron chi connectivity index (χ2n) is 5.73. The highest BCUT2D eigenvalue weighted by Gasteiger charge is 2.23. The quantitative estimate of drug-likeness (QED) is 0.866. The van der Waals surface area contributed by atoms with E-state index in [0.717, 1.165) is 18.3 Å². The molecule has 18 heavy (non-hydrogen) atoms. The monoisotopic (exact) mass is 247 g/mol. The molecular formula is C15H25N3.